The molecular formula is C14H21NO. The quantitative estimate of drug-likeness (QED) is 0.820. The summed E-state index contributed by atoms with van der Waals surface area (Å²) in [6, 6.07) is 6.87. The minimum atomic E-state index is 0.426. The highest BCUT2D eigenvalue weighted by Gasteiger charge is 2.21. The Balaban J connectivity index is 2.25. The number of fused-ring (bicyclic) bond motifs is 1. The van der Waals surface area contributed by atoms with E-state index in [9.17, 15) is 0 Å². The maximum absolute atomic E-state index is 5.77. The van der Waals surface area contributed by atoms with Crippen LogP contribution in [0.25, 0.3) is 0 Å². The van der Waals surface area contributed by atoms with Crippen LogP contribution in [0, 0.1) is 5.92 Å². The Kier molecular flexibility index (Phi) is 3.08. The first-order chi connectivity index (χ1) is 7.58. The number of rotatable bonds is 2. The fourth-order valence-electron chi connectivity index (χ4n) is 1.93. The van der Waals surface area contributed by atoms with Gasteiger partial charge in [0.1, 0.15) is 12.4 Å². The molecule has 1 heterocycles. The largest absolute Gasteiger partial charge is 0.489 e. The van der Waals surface area contributed by atoms with Crippen LogP contribution in [0.2, 0.25) is 0 Å². The molecule has 0 saturated carbocycles. The molecule has 0 fully saturated rings. The van der Waals surface area contributed by atoms with Gasteiger partial charge in [-0.3, -0.25) is 0 Å². The van der Waals surface area contributed by atoms with E-state index in [2.05, 4.69) is 51.2 Å². The van der Waals surface area contributed by atoms with Crippen molar-refractivity contribution in [2.24, 2.45) is 5.92 Å². The molecule has 0 spiro atoms. The summed E-state index contributed by atoms with van der Waals surface area (Å²) < 4.78 is 5.77. The van der Waals surface area contributed by atoms with Gasteiger partial charge in [-0.1, -0.05) is 33.8 Å². The number of ether oxygens (including phenoxy) is 1. The third kappa shape index (κ3) is 2.16. The van der Waals surface area contributed by atoms with Crippen molar-refractivity contribution in [3.05, 3.63) is 23.8 Å². The van der Waals surface area contributed by atoms with E-state index in [4.69, 9.17) is 4.74 Å². The topological polar surface area (TPSA) is 21.3 Å². The maximum Gasteiger partial charge on any atom is 0.142 e. The molecule has 0 aromatic heterocycles. The molecule has 1 aliphatic rings. The number of benzene rings is 1. The van der Waals surface area contributed by atoms with E-state index in [1.54, 1.807) is 0 Å². The zero-order valence-electron chi connectivity index (χ0n) is 10.6. The van der Waals surface area contributed by atoms with Crippen molar-refractivity contribution < 1.29 is 4.74 Å². The standard InChI is InChI=1S/C14H21NO/c1-9(2)11-5-6-14-12(7-11)15-13(8-16-14)10(3)4/h5-7,9-10,13,15H,8H2,1-4H3. The molecule has 0 amide bonds. The van der Waals surface area contributed by atoms with E-state index in [0.29, 0.717) is 17.9 Å². The third-order valence-electron chi connectivity index (χ3n) is 3.23. The Morgan fingerprint density at radius 2 is 2.00 bits per heavy atom. The Hall–Kier alpha value is -1.18. The van der Waals surface area contributed by atoms with Gasteiger partial charge in [0.05, 0.1) is 11.7 Å². The van der Waals surface area contributed by atoms with Crippen LogP contribution in [0.5, 0.6) is 5.75 Å². The minimum Gasteiger partial charge on any atom is -0.489 e. The third-order valence-corrected chi connectivity index (χ3v) is 3.23. The van der Waals surface area contributed by atoms with Gasteiger partial charge in [0.15, 0.2) is 0 Å². The van der Waals surface area contributed by atoms with Gasteiger partial charge >= 0.3 is 0 Å². The van der Waals surface area contributed by atoms with E-state index < -0.39 is 0 Å². The highest BCUT2D eigenvalue weighted by molar-refractivity contribution is 5.60. The average Bonchev–Trinajstić information content (AvgIpc) is 2.27. The SMILES string of the molecule is CC(C)c1ccc2c(c1)NC(C(C)C)CO2. The first-order valence-corrected chi connectivity index (χ1v) is 6.11. The molecule has 2 nitrogen and oxygen atoms in total. The molecule has 1 aromatic carbocycles. The lowest BCUT2D eigenvalue weighted by Gasteiger charge is -2.30. The molecule has 0 saturated heterocycles. The Morgan fingerprint density at radius 3 is 2.62 bits per heavy atom. The minimum absolute atomic E-state index is 0.426. The van der Waals surface area contributed by atoms with E-state index in [0.717, 1.165) is 18.0 Å². The van der Waals surface area contributed by atoms with Crippen molar-refractivity contribution in [2.45, 2.75) is 39.7 Å². The smallest absolute Gasteiger partial charge is 0.142 e. The van der Waals surface area contributed by atoms with Crippen molar-refractivity contribution in [3.8, 4) is 5.75 Å². The van der Waals surface area contributed by atoms with Crippen molar-refractivity contribution in [3.63, 3.8) is 0 Å². The van der Waals surface area contributed by atoms with Gasteiger partial charge in [-0.2, -0.15) is 0 Å². The van der Waals surface area contributed by atoms with Gasteiger partial charge in [0.2, 0.25) is 0 Å². The monoisotopic (exact) mass is 219 g/mol. The summed E-state index contributed by atoms with van der Waals surface area (Å²) >= 11 is 0. The maximum atomic E-state index is 5.77. The van der Waals surface area contributed by atoms with Crippen LogP contribution in [-0.2, 0) is 0 Å². The van der Waals surface area contributed by atoms with Gasteiger partial charge in [-0.05, 0) is 29.5 Å². The van der Waals surface area contributed by atoms with Crippen LogP contribution in [0.1, 0.15) is 39.2 Å². The molecular weight excluding hydrogens is 198 g/mol. The molecule has 16 heavy (non-hydrogen) atoms. The molecule has 1 aliphatic heterocycles. The Labute approximate surface area is 98.0 Å². The molecule has 1 aromatic rings. The number of hydrogen-bond donors (Lipinski definition) is 1. The Morgan fingerprint density at radius 1 is 1.25 bits per heavy atom. The van der Waals surface area contributed by atoms with Crippen LogP contribution in [0.4, 0.5) is 5.69 Å². The summed E-state index contributed by atoms with van der Waals surface area (Å²) in [6.45, 7) is 9.64. The molecule has 1 atom stereocenters. The second-order valence-electron chi connectivity index (χ2n) is 5.22. The fourth-order valence-corrected chi connectivity index (χ4v) is 1.93. The summed E-state index contributed by atoms with van der Waals surface area (Å²) in [5.41, 5.74) is 2.51. The van der Waals surface area contributed by atoms with E-state index in [1.807, 2.05) is 0 Å². The number of anilines is 1. The lowest BCUT2D eigenvalue weighted by molar-refractivity contribution is 0.257. The first-order valence-electron chi connectivity index (χ1n) is 6.11. The highest BCUT2D eigenvalue weighted by Crippen LogP contribution is 2.33. The molecule has 0 radical (unpaired) electrons. The molecule has 1 N–H and O–H groups in total. The van der Waals surface area contributed by atoms with Crippen molar-refractivity contribution in [2.75, 3.05) is 11.9 Å². The lowest BCUT2D eigenvalue weighted by atomic mass is 9.99. The van der Waals surface area contributed by atoms with E-state index in [-0.39, 0.29) is 0 Å². The van der Waals surface area contributed by atoms with Crippen molar-refractivity contribution in [1.29, 1.82) is 0 Å². The second kappa shape index (κ2) is 4.36. The predicted molar refractivity (Wildman–Crippen MR) is 68.3 cm³/mol. The number of nitrogens with one attached hydrogen (secondary N) is 1. The molecule has 2 heteroatoms. The van der Waals surface area contributed by atoms with Gasteiger partial charge in [-0.25, -0.2) is 0 Å². The van der Waals surface area contributed by atoms with Crippen LogP contribution in [0.3, 0.4) is 0 Å². The van der Waals surface area contributed by atoms with Crippen LogP contribution in [0.15, 0.2) is 18.2 Å². The van der Waals surface area contributed by atoms with Gasteiger partial charge < -0.3 is 10.1 Å². The van der Waals surface area contributed by atoms with Crippen LogP contribution >= 0.6 is 0 Å². The Bertz CT molecular complexity index is 371. The zero-order valence-corrected chi connectivity index (χ0v) is 10.6. The summed E-state index contributed by atoms with van der Waals surface area (Å²) in [7, 11) is 0. The van der Waals surface area contributed by atoms with Gasteiger partial charge in [0.25, 0.3) is 0 Å². The summed E-state index contributed by atoms with van der Waals surface area (Å²) in [5.74, 6) is 2.14. The van der Waals surface area contributed by atoms with Crippen molar-refractivity contribution in [1.82, 2.24) is 0 Å². The fraction of sp³-hybridized carbons (Fsp3) is 0.571. The van der Waals surface area contributed by atoms with E-state index >= 15 is 0 Å². The highest BCUT2D eigenvalue weighted by atomic mass is 16.5. The molecule has 0 bridgehead atoms. The van der Waals surface area contributed by atoms with Crippen LogP contribution in [-0.4, -0.2) is 12.6 Å². The van der Waals surface area contributed by atoms with Crippen LogP contribution < -0.4 is 10.1 Å². The summed E-state index contributed by atoms with van der Waals surface area (Å²) in [4.78, 5) is 0. The van der Waals surface area contributed by atoms with Crippen molar-refractivity contribution >= 4 is 5.69 Å². The number of hydrogen-bond acceptors (Lipinski definition) is 2. The lowest BCUT2D eigenvalue weighted by Crippen LogP contribution is -2.35. The zero-order chi connectivity index (χ0) is 11.7. The first kappa shape index (κ1) is 11.3. The molecule has 1 unspecified atom stereocenters. The average molecular weight is 219 g/mol. The molecule has 2 rings (SSSR count). The van der Waals surface area contributed by atoms with Gasteiger partial charge in [-0.15, -0.1) is 0 Å². The molecule has 88 valence electrons. The predicted octanol–water partition coefficient (Wildman–Crippen LogP) is 3.64. The van der Waals surface area contributed by atoms with Gasteiger partial charge in [0, 0.05) is 0 Å². The second-order valence-corrected chi connectivity index (χ2v) is 5.22. The summed E-state index contributed by atoms with van der Waals surface area (Å²) in [6.07, 6.45) is 0. The normalized spacial score (nSPS) is 19.2. The van der Waals surface area contributed by atoms with E-state index in [1.165, 1.54) is 5.56 Å². The summed E-state index contributed by atoms with van der Waals surface area (Å²) in [5, 5.41) is 3.57. The molecule has 0 aliphatic carbocycles.